The van der Waals surface area contributed by atoms with Gasteiger partial charge in [0.15, 0.2) is 12.3 Å². The first kappa shape index (κ1) is 22.9. The van der Waals surface area contributed by atoms with E-state index >= 15 is 0 Å². The molecule has 0 saturated heterocycles. The number of benzene rings is 2. The highest BCUT2D eigenvalue weighted by molar-refractivity contribution is 6.45. The maximum absolute atomic E-state index is 6.12. The monoisotopic (exact) mass is 437 g/mol. The Labute approximate surface area is 187 Å². The van der Waals surface area contributed by atoms with E-state index in [1.165, 1.54) is 7.11 Å². The molecule has 0 amide bonds. The fourth-order valence-electron chi connectivity index (χ4n) is 3.02. The molecule has 2 aromatic rings. The van der Waals surface area contributed by atoms with Crippen molar-refractivity contribution in [3.8, 4) is 5.75 Å². The average molecular weight is 437 g/mol. The Balaban J connectivity index is 1.78. The Morgan fingerprint density at radius 1 is 1.19 bits per heavy atom. The van der Waals surface area contributed by atoms with E-state index in [0.29, 0.717) is 32.1 Å². The van der Waals surface area contributed by atoms with Gasteiger partial charge in [0.25, 0.3) is 5.90 Å². The van der Waals surface area contributed by atoms with Crippen LogP contribution in [0.5, 0.6) is 5.75 Å². The molecule has 1 aliphatic heterocycles. The maximum Gasteiger partial charge on any atom is 0.280 e. The molecule has 0 aromatic heterocycles. The summed E-state index contributed by atoms with van der Waals surface area (Å²) < 4.78 is 11.7. The van der Waals surface area contributed by atoms with Crippen LogP contribution in [0.25, 0.3) is 0 Å². The van der Waals surface area contributed by atoms with E-state index in [4.69, 9.17) is 24.0 Å². The highest BCUT2D eigenvalue weighted by Gasteiger charge is 2.21. The van der Waals surface area contributed by atoms with E-state index in [-0.39, 0.29) is 5.90 Å². The molecule has 1 aliphatic rings. The Bertz CT molecular complexity index is 1030. The summed E-state index contributed by atoms with van der Waals surface area (Å²) >= 11 is 0. The van der Waals surface area contributed by atoms with E-state index in [9.17, 15) is 0 Å². The summed E-state index contributed by atoms with van der Waals surface area (Å²) in [5, 5.41) is 12.2. The molecule has 8 nitrogen and oxygen atoms in total. The van der Waals surface area contributed by atoms with Crippen molar-refractivity contribution in [2.75, 3.05) is 26.9 Å². The fraction of sp³-hybridized carbons (Fsp3) is 0.292. The summed E-state index contributed by atoms with van der Waals surface area (Å²) in [5.74, 6) is 1.04. The summed E-state index contributed by atoms with van der Waals surface area (Å²) in [5.41, 5.74) is 4.86. The molecule has 0 N–H and O–H groups in total. The van der Waals surface area contributed by atoms with Crippen LogP contribution in [0.15, 0.2) is 70.6 Å². The van der Waals surface area contributed by atoms with Crippen molar-refractivity contribution in [1.29, 1.82) is 0 Å². The van der Waals surface area contributed by atoms with Gasteiger partial charge in [-0.05, 0) is 53.9 Å². The van der Waals surface area contributed by atoms with Crippen LogP contribution in [-0.2, 0) is 25.9 Å². The molecule has 0 spiro atoms. The Morgan fingerprint density at radius 2 is 2.03 bits per heavy atom. The molecule has 32 heavy (non-hydrogen) atoms. The van der Waals surface area contributed by atoms with E-state index in [1.807, 2.05) is 56.3 Å². The topological polar surface area (TPSA) is 83.2 Å². The van der Waals surface area contributed by atoms with Crippen LogP contribution in [0.1, 0.15) is 29.2 Å². The first-order chi connectivity index (χ1) is 15.6. The van der Waals surface area contributed by atoms with Crippen molar-refractivity contribution in [2.45, 2.75) is 20.5 Å². The number of aryl methyl sites for hydroxylation is 1. The molecule has 0 aliphatic carbocycles. The van der Waals surface area contributed by atoms with Gasteiger partial charge in [-0.25, -0.2) is 0 Å². The van der Waals surface area contributed by atoms with Gasteiger partial charge in [-0.3, -0.25) is 0 Å². The van der Waals surface area contributed by atoms with Crippen molar-refractivity contribution in [3.05, 3.63) is 77.4 Å². The molecule has 2 aromatic carbocycles. The lowest BCUT2D eigenvalue weighted by Crippen LogP contribution is -2.26. The summed E-state index contributed by atoms with van der Waals surface area (Å²) in [4.78, 5) is 15.3. The van der Waals surface area contributed by atoms with Gasteiger partial charge < -0.3 is 24.0 Å². The molecule has 8 heteroatoms. The lowest BCUT2D eigenvalue weighted by Gasteiger charge is -2.17. The fourth-order valence-corrected chi connectivity index (χ4v) is 3.02. The molecule has 0 bridgehead atoms. The van der Waals surface area contributed by atoms with Gasteiger partial charge in [0.1, 0.15) is 32.7 Å². The summed E-state index contributed by atoms with van der Waals surface area (Å²) in [7, 11) is 1.47. The second-order valence-corrected chi connectivity index (χ2v) is 6.89. The Hall–Kier alpha value is -3.81. The smallest absolute Gasteiger partial charge is 0.280 e. The van der Waals surface area contributed by atoms with Crippen LogP contribution in [0.3, 0.4) is 0 Å². The molecule has 0 saturated carbocycles. The van der Waals surface area contributed by atoms with Gasteiger partial charge >= 0.3 is 0 Å². The molecule has 1 heterocycles. The lowest BCUT2D eigenvalue weighted by molar-refractivity contribution is 0.0672. The summed E-state index contributed by atoms with van der Waals surface area (Å²) in [6.07, 6.45) is 1.65. The van der Waals surface area contributed by atoms with E-state index in [0.717, 1.165) is 33.7 Å². The van der Waals surface area contributed by atoms with Crippen molar-refractivity contribution in [1.82, 2.24) is 0 Å². The van der Waals surface area contributed by atoms with Gasteiger partial charge in [-0.1, -0.05) is 47.2 Å². The van der Waals surface area contributed by atoms with Crippen LogP contribution in [0.2, 0.25) is 0 Å². The highest BCUT2D eigenvalue weighted by Crippen LogP contribution is 2.22. The van der Waals surface area contributed by atoms with Gasteiger partial charge in [0, 0.05) is 5.56 Å². The molecule has 3 rings (SSSR count). The first-order valence-corrected chi connectivity index (χ1v) is 10.2. The minimum Gasteiger partial charge on any atom is -0.489 e. The lowest BCUT2D eigenvalue weighted by atomic mass is 10.0. The number of hydrogen-bond acceptors (Lipinski definition) is 8. The van der Waals surface area contributed by atoms with Gasteiger partial charge in [-0.15, -0.1) is 0 Å². The third kappa shape index (κ3) is 5.87. The third-order valence-electron chi connectivity index (χ3n) is 4.59. The second-order valence-electron chi connectivity index (χ2n) is 6.89. The predicted molar refractivity (Wildman–Crippen MR) is 123 cm³/mol. The SMILES string of the molecule is C=CCO/N=C(\C)c1ccc(OCc2ccccc2/C(=N\OC)C2=NOCCO2)c(C)c1. The van der Waals surface area contributed by atoms with Crippen molar-refractivity contribution in [3.63, 3.8) is 0 Å². The molecule has 0 unspecified atom stereocenters. The van der Waals surface area contributed by atoms with Crippen LogP contribution in [-0.4, -0.2) is 44.3 Å². The highest BCUT2D eigenvalue weighted by atomic mass is 16.7. The molecule has 168 valence electrons. The molecular weight excluding hydrogens is 410 g/mol. The van der Waals surface area contributed by atoms with Gasteiger partial charge in [0.2, 0.25) is 0 Å². The minimum atomic E-state index is 0.277. The zero-order valence-corrected chi connectivity index (χ0v) is 18.5. The number of rotatable bonds is 10. The predicted octanol–water partition coefficient (Wildman–Crippen LogP) is 4.21. The van der Waals surface area contributed by atoms with E-state index in [2.05, 4.69) is 22.0 Å². The average Bonchev–Trinajstić information content (AvgIpc) is 2.82. The minimum absolute atomic E-state index is 0.277. The summed E-state index contributed by atoms with van der Waals surface area (Å²) in [6, 6.07) is 13.6. The number of oxime groups is 3. The van der Waals surface area contributed by atoms with E-state index in [1.54, 1.807) is 6.08 Å². The number of nitrogens with zero attached hydrogens (tertiary/aromatic N) is 3. The van der Waals surface area contributed by atoms with Crippen molar-refractivity contribution >= 4 is 17.3 Å². The number of hydrogen-bond donors (Lipinski definition) is 0. The Morgan fingerprint density at radius 3 is 2.75 bits per heavy atom. The third-order valence-corrected chi connectivity index (χ3v) is 4.59. The molecule has 0 fully saturated rings. The van der Waals surface area contributed by atoms with Crippen LogP contribution < -0.4 is 4.74 Å². The number of ether oxygens (including phenoxy) is 2. The zero-order valence-electron chi connectivity index (χ0n) is 18.5. The van der Waals surface area contributed by atoms with Crippen LogP contribution in [0.4, 0.5) is 0 Å². The van der Waals surface area contributed by atoms with Gasteiger partial charge in [0.05, 0.1) is 5.71 Å². The normalized spacial score (nSPS) is 14.0. The van der Waals surface area contributed by atoms with Crippen molar-refractivity contribution < 1.29 is 24.0 Å². The maximum atomic E-state index is 6.12. The van der Waals surface area contributed by atoms with Crippen LogP contribution in [0, 0.1) is 6.92 Å². The quantitative estimate of drug-likeness (QED) is 0.241. The first-order valence-electron chi connectivity index (χ1n) is 10.2. The van der Waals surface area contributed by atoms with Crippen LogP contribution >= 0.6 is 0 Å². The molecule has 0 radical (unpaired) electrons. The second kappa shape index (κ2) is 11.5. The van der Waals surface area contributed by atoms with E-state index < -0.39 is 0 Å². The van der Waals surface area contributed by atoms with Crippen molar-refractivity contribution in [2.24, 2.45) is 15.5 Å². The zero-order chi connectivity index (χ0) is 22.8. The Kier molecular flexibility index (Phi) is 8.25. The molecular formula is C24H27N3O5. The largest absolute Gasteiger partial charge is 0.489 e. The molecule has 0 atom stereocenters. The summed E-state index contributed by atoms with van der Waals surface area (Å²) in [6.45, 7) is 8.98. The van der Waals surface area contributed by atoms with Gasteiger partial charge in [-0.2, -0.15) is 0 Å². The standard InChI is InChI=1S/C24H27N3O5/c1-5-12-31-25-18(3)19-10-11-22(17(2)15-19)30-16-20-8-6-7-9-21(20)23(26-28-4)24-27-32-14-13-29-24/h5-11,15H,1,12-14,16H2,2-4H3/b25-18+,26-23+.